The van der Waals surface area contributed by atoms with Crippen LogP contribution in [0, 0.1) is 5.92 Å². The van der Waals surface area contributed by atoms with E-state index < -0.39 is 0 Å². The molecule has 1 N–H and O–H groups in total. The van der Waals surface area contributed by atoms with Crippen LogP contribution in [0.3, 0.4) is 0 Å². The van der Waals surface area contributed by atoms with E-state index >= 15 is 0 Å². The summed E-state index contributed by atoms with van der Waals surface area (Å²) in [5, 5.41) is 3.00. The molecule has 0 heterocycles. The Kier molecular flexibility index (Phi) is 6.97. The molecule has 1 amide bonds. The number of nitrogens with one attached hydrogen (secondary N) is 1. The molecule has 21 heavy (non-hydrogen) atoms. The first-order chi connectivity index (χ1) is 10.2. The average molecular weight is 296 g/mol. The minimum Gasteiger partial charge on any atom is -0.378 e. The topological polar surface area (TPSA) is 41.6 Å². The Bertz CT molecular complexity index is 312. The van der Waals surface area contributed by atoms with Gasteiger partial charge in [0.1, 0.15) is 0 Å². The molecule has 4 nitrogen and oxygen atoms in total. The molecule has 1 atom stereocenters. The van der Waals surface area contributed by atoms with Crippen LogP contribution >= 0.6 is 0 Å². The number of hydrogen-bond acceptors (Lipinski definition) is 3. The molecule has 0 radical (unpaired) electrons. The van der Waals surface area contributed by atoms with Crippen molar-refractivity contribution < 1.29 is 9.53 Å². The van der Waals surface area contributed by atoms with Crippen LogP contribution in [0.2, 0.25) is 0 Å². The van der Waals surface area contributed by atoms with E-state index in [1.807, 2.05) is 0 Å². The number of ether oxygens (including phenoxy) is 1. The van der Waals surface area contributed by atoms with Gasteiger partial charge in [-0.05, 0) is 52.0 Å². The maximum Gasteiger partial charge on any atom is 0.234 e. The smallest absolute Gasteiger partial charge is 0.234 e. The summed E-state index contributed by atoms with van der Waals surface area (Å²) >= 11 is 0. The summed E-state index contributed by atoms with van der Waals surface area (Å²) in [6, 6.07) is 0.533. The Morgan fingerprint density at radius 1 is 1.24 bits per heavy atom. The summed E-state index contributed by atoms with van der Waals surface area (Å²) < 4.78 is 5.86. The standard InChI is InChI=1S/C17H32N2O2/c1-14(15-9-10-15)19(2)13-17(20)18-11-6-12-21-16-7-4-3-5-8-16/h14-16H,3-13H2,1-2H3,(H,18,20). The third-order valence-corrected chi connectivity index (χ3v) is 4.94. The number of likely N-dealkylation sites (N-methyl/N-ethyl adjacent to an activating group) is 1. The summed E-state index contributed by atoms with van der Waals surface area (Å²) in [5.41, 5.74) is 0. The van der Waals surface area contributed by atoms with Crippen molar-refractivity contribution in [3.05, 3.63) is 0 Å². The van der Waals surface area contributed by atoms with Gasteiger partial charge in [-0.25, -0.2) is 0 Å². The van der Waals surface area contributed by atoms with Crippen LogP contribution in [-0.4, -0.2) is 49.7 Å². The normalized spacial score (nSPS) is 21.5. The van der Waals surface area contributed by atoms with Crippen LogP contribution in [0.25, 0.3) is 0 Å². The van der Waals surface area contributed by atoms with Gasteiger partial charge in [-0.3, -0.25) is 9.69 Å². The lowest BCUT2D eigenvalue weighted by Crippen LogP contribution is -2.40. The fraction of sp³-hybridized carbons (Fsp3) is 0.941. The summed E-state index contributed by atoms with van der Waals surface area (Å²) in [7, 11) is 2.05. The SMILES string of the molecule is CC(C1CC1)N(C)CC(=O)NCCCOC1CCCCC1. The molecule has 2 aliphatic carbocycles. The van der Waals surface area contributed by atoms with Crippen molar-refractivity contribution in [2.24, 2.45) is 5.92 Å². The number of carbonyl (C=O) groups excluding carboxylic acids is 1. The third-order valence-electron chi connectivity index (χ3n) is 4.94. The molecule has 4 heteroatoms. The van der Waals surface area contributed by atoms with Gasteiger partial charge in [0.15, 0.2) is 0 Å². The number of rotatable bonds is 9. The summed E-state index contributed by atoms with van der Waals surface area (Å²) in [4.78, 5) is 14.0. The van der Waals surface area contributed by atoms with Crippen LogP contribution < -0.4 is 5.32 Å². The van der Waals surface area contributed by atoms with E-state index in [1.54, 1.807) is 0 Å². The largest absolute Gasteiger partial charge is 0.378 e. The summed E-state index contributed by atoms with van der Waals surface area (Å²) in [5.74, 6) is 0.953. The Morgan fingerprint density at radius 3 is 2.62 bits per heavy atom. The molecule has 0 saturated heterocycles. The third kappa shape index (κ3) is 6.35. The van der Waals surface area contributed by atoms with Crippen molar-refractivity contribution in [1.29, 1.82) is 0 Å². The average Bonchev–Trinajstić information content (AvgIpc) is 3.31. The molecular formula is C17H32N2O2. The predicted octanol–water partition coefficient (Wildman–Crippen LogP) is 2.57. The fourth-order valence-corrected chi connectivity index (χ4v) is 3.15. The summed E-state index contributed by atoms with van der Waals surface area (Å²) in [6.07, 6.45) is 10.5. The van der Waals surface area contributed by atoms with E-state index in [9.17, 15) is 4.79 Å². The minimum absolute atomic E-state index is 0.141. The van der Waals surface area contributed by atoms with Crippen LogP contribution in [-0.2, 0) is 9.53 Å². The van der Waals surface area contributed by atoms with Crippen molar-refractivity contribution in [3.63, 3.8) is 0 Å². The van der Waals surface area contributed by atoms with E-state index in [0.717, 1.165) is 25.5 Å². The van der Waals surface area contributed by atoms with Gasteiger partial charge < -0.3 is 10.1 Å². The first-order valence-electron chi connectivity index (χ1n) is 8.75. The van der Waals surface area contributed by atoms with Gasteiger partial charge in [0, 0.05) is 19.2 Å². The number of carbonyl (C=O) groups is 1. The molecule has 2 rings (SSSR count). The Balaban J connectivity index is 1.46. The lowest BCUT2D eigenvalue weighted by atomic mass is 9.98. The fourth-order valence-electron chi connectivity index (χ4n) is 3.15. The van der Waals surface area contributed by atoms with Crippen molar-refractivity contribution in [3.8, 4) is 0 Å². The van der Waals surface area contributed by atoms with E-state index in [2.05, 4.69) is 24.2 Å². The maximum absolute atomic E-state index is 11.9. The Hall–Kier alpha value is -0.610. The zero-order valence-corrected chi connectivity index (χ0v) is 13.8. The zero-order chi connectivity index (χ0) is 15.1. The van der Waals surface area contributed by atoms with Crippen LogP contribution in [0.1, 0.15) is 58.3 Å². The monoisotopic (exact) mass is 296 g/mol. The van der Waals surface area contributed by atoms with Gasteiger partial charge in [0.25, 0.3) is 0 Å². The van der Waals surface area contributed by atoms with Crippen LogP contribution in [0.5, 0.6) is 0 Å². The molecule has 1 unspecified atom stereocenters. The highest BCUT2D eigenvalue weighted by Gasteiger charge is 2.30. The molecule has 0 bridgehead atoms. The molecule has 122 valence electrons. The molecule has 2 saturated carbocycles. The summed E-state index contributed by atoms with van der Waals surface area (Å²) in [6.45, 7) is 4.25. The molecule has 0 aromatic heterocycles. The van der Waals surface area contributed by atoms with E-state index in [-0.39, 0.29) is 5.91 Å². The lowest BCUT2D eigenvalue weighted by molar-refractivity contribution is -0.122. The minimum atomic E-state index is 0.141. The molecule has 0 aromatic carbocycles. The van der Waals surface area contributed by atoms with Crippen molar-refractivity contribution in [2.75, 3.05) is 26.7 Å². The van der Waals surface area contributed by atoms with Gasteiger partial charge in [-0.15, -0.1) is 0 Å². The van der Waals surface area contributed by atoms with Crippen molar-refractivity contribution in [1.82, 2.24) is 10.2 Å². The van der Waals surface area contributed by atoms with Crippen LogP contribution in [0.4, 0.5) is 0 Å². The first-order valence-corrected chi connectivity index (χ1v) is 8.75. The zero-order valence-electron chi connectivity index (χ0n) is 13.8. The number of hydrogen-bond donors (Lipinski definition) is 1. The maximum atomic E-state index is 11.9. The Morgan fingerprint density at radius 2 is 1.95 bits per heavy atom. The quantitative estimate of drug-likeness (QED) is 0.665. The second kappa shape index (κ2) is 8.74. The van der Waals surface area contributed by atoms with Gasteiger partial charge in [0.2, 0.25) is 5.91 Å². The molecule has 0 spiro atoms. The molecule has 2 fully saturated rings. The second-order valence-corrected chi connectivity index (χ2v) is 6.83. The number of amides is 1. The second-order valence-electron chi connectivity index (χ2n) is 6.83. The molecule has 2 aliphatic rings. The molecule has 0 aliphatic heterocycles. The van der Waals surface area contributed by atoms with Crippen molar-refractivity contribution in [2.45, 2.75) is 70.4 Å². The highest BCUT2D eigenvalue weighted by Crippen LogP contribution is 2.34. The van der Waals surface area contributed by atoms with Gasteiger partial charge in [-0.1, -0.05) is 19.3 Å². The highest BCUT2D eigenvalue weighted by atomic mass is 16.5. The van der Waals surface area contributed by atoms with Crippen LogP contribution in [0.15, 0.2) is 0 Å². The van der Waals surface area contributed by atoms with Crippen molar-refractivity contribution >= 4 is 5.91 Å². The van der Waals surface area contributed by atoms with Gasteiger partial charge in [-0.2, -0.15) is 0 Å². The predicted molar refractivity (Wildman–Crippen MR) is 85.3 cm³/mol. The van der Waals surface area contributed by atoms with Gasteiger partial charge in [0.05, 0.1) is 12.6 Å². The lowest BCUT2D eigenvalue weighted by Gasteiger charge is -2.24. The van der Waals surface area contributed by atoms with E-state index in [1.165, 1.54) is 44.9 Å². The van der Waals surface area contributed by atoms with E-state index in [4.69, 9.17) is 4.74 Å². The van der Waals surface area contributed by atoms with E-state index in [0.29, 0.717) is 18.7 Å². The highest BCUT2D eigenvalue weighted by molar-refractivity contribution is 5.77. The Labute approximate surface area is 129 Å². The molecule has 0 aromatic rings. The molecular weight excluding hydrogens is 264 g/mol. The van der Waals surface area contributed by atoms with Gasteiger partial charge >= 0.3 is 0 Å². The number of nitrogens with zero attached hydrogens (tertiary/aromatic N) is 1. The first kappa shape index (κ1) is 16.8.